The highest BCUT2D eigenvalue weighted by Crippen LogP contribution is 2.37. The molecule has 0 radical (unpaired) electrons. The highest BCUT2D eigenvalue weighted by Gasteiger charge is 2.28. The van der Waals surface area contributed by atoms with Gasteiger partial charge >= 0.3 is 0 Å². The average Bonchev–Trinajstić information content (AvgIpc) is 2.69. The molecule has 0 spiro atoms. The minimum Gasteiger partial charge on any atom is -0.465 e. The Bertz CT molecular complexity index is 576. The van der Waals surface area contributed by atoms with Gasteiger partial charge in [-0.3, -0.25) is 4.90 Å². The molecule has 94 valence electrons. The van der Waals surface area contributed by atoms with E-state index in [1.807, 2.05) is 6.92 Å². The Morgan fingerprint density at radius 2 is 2.06 bits per heavy atom. The molecule has 2 aromatic rings. The first-order valence-electron chi connectivity index (χ1n) is 6.17. The van der Waals surface area contributed by atoms with Gasteiger partial charge in [-0.25, -0.2) is 0 Å². The lowest BCUT2D eigenvalue weighted by atomic mass is 9.88. The normalized spacial score (nSPS) is 19.8. The minimum atomic E-state index is 0.395. The van der Waals surface area contributed by atoms with E-state index in [1.165, 1.54) is 15.6 Å². The summed E-state index contributed by atoms with van der Waals surface area (Å²) in [6, 6.07) is 10.6. The second kappa shape index (κ2) is 4.56. The zero-order valence-corrected chi connectivity index (χ0v) is 12.2. The highest BCUT2D eigenvalue weighted by molar-refractivity contribution is 9.10. The zero-order chi connectivity index (χ0) is 12.7. The maximum absolute atomic E-state index is 5.81. The summed E-state index contributed by atoms with van der Waals surface area (Å²) in [4.78, 5) is 2.31. The number of fused-ring (bicyclic) bond motifs is 1. The summed E-state index contributed by atoms with van der Waals surface area (Å²) in [6.07, 6.45) is 0. The molecular formula is C15H16BrNO. The lowest BCUT2D eigenvalue weighted by Gasteiger charge is -2.29. The third kappa shape index (κ3) is 2.02. The van der Waals surface area contributed by atoms with Crippen LogP contribution in [0.25, 0.3) is 0 Å². The number of furan rings is 1. The van der Waals surface area contributed by atoms with Crippen molar-refractivity contribution in [2.45, 2.75) is 19.4 Å². The summed E-state index contributed by atoms with van der Waals surface area (Å²) in [6.45, 7) is 3.97. The number of halogens is 1. The lowest BCUT2D eigenvalue weighted by Crippen LogP contribution is -2.30. The van der Waals surface area contributed by atoms with Gasteiger partial charge < -0.3 is 4.42 Å². The molecule has 0 aliphatic carbocycles. The molecule has 2 heterocycles. The maximum atomic E-state index is 5.81. The summed E-state index contributed by atoms with van der Waals surface area (Å²) >= 11 is 3.66. The first-order chi connectivity index (χ1) is 8.65. The fourth-order valence-electron chi connectivity index (χ4n) is 2.74. The molecule has 0 saturated heterocycles. The Morgan fingerprint density at radius 1 is 1.28 bits per heavy atom. The Labute approximate surface area is 116 Å². The zero-order valence-electron chi connectivity index (χ0n) is 10.6. The molecule has 1 aliphatic heterocycles. The fraction of sp³-hybridized carbons (Fsp3) is 0.333. The van der Waals surface area contributed by atoms with Crippen molar-refractivity contribution in [3.63, 3.8) is 0 Å². The first kappa shape index (κ1) is 12.0. The number of hydrogen-bond donors (Lipinski definition) is 0. The van der Waals surface area contributed by atoms with Crippen molar-refractivity contribution in [2.75, 3.05) is 13.6 Å². The van der Waals surface area contributed by atoms with Crippen molar-refractivity contribution in [1.82, 2.24) is 4.90 Å². The summed E-state index contributed by atoms with van der Waals surface area (Å²) in [5, 5.41) is 0. The molecule has 3 rings (SSSR count). The molecule has 3 heteroatoms. The molecule has 1 unspecified atom stereocenters. The van der Waals surface area contributed by atoms with Crippen LogP contribution in [0, 0.1) is 6.92 Å². The van der Waals surface area contributed by atoms with E-state index in [9.17, 15) is 0 Å². The molecule has 18 heavy (non-hydrogen) atoms. The van der Waals surface area contributed by atoms with E-state index in [4.69, 9.17) is 4.42 Å². The van der Waals surface area contributed by atoms with Gasteiger partial charge in [0, 0.05) is 22.5 Å². The third-order valence-electron chi connectivity index (χ3n) is 3.53. The first-order valence-corrected chi connectivity index (χ1v) is 6.96. The van der Waals surface area contributed by atoms with Crippen LogP contribution < -0.4 is 0 Å². The second-order valence-corrected chi connectivity index (χ2v) is 5.86. The predicted molar refractivity (Wildman–Crippen MR) is 75.8 cm³/mol. The molecule has 0 amide bonds. The van der Waals surface area contributed by atoms with E-state index in [1.54, 1.807) is 0 Å². The largest absolute Gasteiger partial charge is 0.465 e. The molecule has 0 saturated carbocycles. The van der Waals surface area contributed by atoms with E-state index in [-0.39, 0.29) is 0 Å². The quantitative estimate of drug-likeness (QED) is 0.794. The highest BCUT2D eigenvalue weighted by atomic mass is 79.9. The van der Waals surface area contributed by atoms with Gasteiger partial charge in [0.05, 0.1) is 6.54 Å². The van der Waals surface area contributed by atoms with Crippen molar-refractivity contribution < 1.29 is 4.42 Å². The lowest BCUT2D eigenvalue weighted by molar-refractivity contribution is 0.260. The third-order valence-corrected chi connectivity index (χ3v) is 4.25. The molecule has 0 fully saturated rings. The molecular weight excluding hydrogens is 290 g/mol. The van der Waals surface area contributed by atoms with E-state index in [2.05, 4.69) is 58.2 Å². The van der Waals surface area contributed by atoms with Crippen LogP contribution >= 0.6 is 15.9 Å². The van der Waals surface area contributed by atoms with E-state index >= 15 is 0 Å². The van der Waals surface area contributed by atoms with Crippen LogP contribution in [0.5, 0.6) is 0 Å². The summed E-state index contributed by atoms with van der Waals surface area (Å²) in [7, 11) is 2.14. The number of nitrogens with zero attached hydrogens (tertiary/aromatic N) is 1. The van der Waals surface area contributed by atoms with Crippen LogP contribution in [-0.2, 0) is 6.54 Å². The van der Waals surface area contributed by atoms with Gasteiger partial charge in [0.2, 0.25) is 0 Å². The monoisotopic (exact) mass is 305 g/mol. The van der Waals surface area contributed by atoms with Gasteiger partial charge in [-0.05, 0) is 31.7 Å². The van der Waals surface area contributed by atoms with Gasteiger partial charge in [0.15, 0.2) is 0 Å². The average molecular weight is 306 g/mol. The predicted octanol–water partition coefficient (Wildman–Crippen LogP) is 3.93. The molecule has 0 bridgehead atoms. The van der Waals surface area contributed by atoms with Crippen molar-refractivity contribution in [3.05, 3.63) is 57.5 Å². The maximum Gasteiger partial charge on any atom is 0.122 e. The topological polar surface area (TPSA) is 16.4 Å². The van der Waals surface area contributed by atoms with Gasteiger partial charge in [-0.1, -0.05) is 34.1 Å². The summed E-state index contributed by atoms with van der Waals surface area (Å²) < 4.78 is 6.99. The van der Waals surface area contributed by atoms with Crippen LogP contribution in [0.4, 0.5) is 0 Å². The molecule has 0 N–H and O–H groups in total. The SMILES string of the molecule is Cc1cc2c(o1)CN(C)CC2c1ccccc1Br. The van der Waals surface area contributed by atoms with Gasteiger partial charge in [0.25, 0.3) is 0 Å². The van der Waals surface area contributed by atoms with Crippen molar-refractivity contribution in [2.24, 2.45) is 0 Å². The number of aryl methyl sites for hydroxylation is 1. The summed E-state index contributed by atoms with van der Waals surface area (Å²) in [5.74, 6) is 2.51. The minimum absolute atomic E-state index is 0.395. The van der Waals surface area contributed by atoms with Crippen LogP contribution in [0.1, 0.15) is 28.6 Å². The number of benzene rings is 1. The van der Waals surface area contributed by atoms with E-state index in [0.29, 0.717) is 5.92 Å². The van der Waals surface area contributed by atoms with Gasteiger partial charge in [0.1, 0.15) is 11.5 Å². The van der Waals surface area contributed by atoms with E-state index < -0.39 is 0 Å². The smallest absolute Gasteiger partial charge is 0.122 e. The van der Waals surface area contributed by atoms with Crippen molar-refractivity contribution >= 4 is 15.9 Å². The Hall–Kier alpha value is -1.06. The number of likely N-dealkylation sites (N-methyl/N-ethyl adjacent to an activating group) is 1. The van der Waals surface area contributed by atoms with Crippen LogP contribution in [0.2, 0.25) is 0 Å². The Balaban J connectivity index is 2.10. The van der Waals surface area contributed by atoms with E-state index in [0.717, 1.165) is 24.6 Å². The van der Waals surface area contributed by atoms with Crippen LogP contribution in [0.15, 0.2) is 39.2 Å². The fourth-order valence-corrected chi connectivity index (χ4v) is 3.31. The number of rotatable bonds is 1. The van der Waals surface area contributed by atoms with Crippen LogP contribution in [-0.4, -0.2) is 18.5 Å². The Morgan fingerprint density at radius 3 is 2.83 bits per heavy atom. The molecule has 1 aromatic carbocycles. The standard InChI is InChI=1S/C15H16BrNO/c1-10-7-12-13(8-17(2)9-15(12)18-10)11-5-3-4-6-14(11)16/h3-7,13H,8-9H2,1-2H3. The molecule has 1 atom stereocenters. The van der Waals surface area contributed by atoms with Crippen LogP contribution in [0.3, 0.4) is 0 Å². The Kier molecular flexibility index (Phi) is 3.04. The molecule has 2 nitrogen and oxygen atoms in total. The number of hydrogen-bond acceptors (Lipinski definition) is 2. The van der Waals surface area contributed by atoms with Gasteiger partial charge in [-0.15, -0.1) is 0 Å². The molecule has 1 aromatic heterocycles. The van der Waals surface area contributed by atoms with Gasteiger partial charge in [-0.2, -0.15) is 0 Å². The summed E-state index contributed by atoms with van der Waals surface area (Å²) in [5.41, 5.74) is 2.68. The van der Waals surface area contributed by atoms with Crippen molar-refractivity contribution in [3.8, 4) is 0 Å². The molecule has 1 aliphatic rings. The second-order valence-electron chi connectivity index (χ2n) is 5.01. The van der Waals surface area contributed by atoms with Crippen molar-refractivity contribution in [1.29, 1.82) is 0 Å².